The number of benzene rings is 1. The number of halogens is 1. The van der Waals surface area contributed by atoms with Gasteiger partial charge in [-0.1, -0.05) is 44.0 Å². The Morgan fingerprint density at radius 1 is 1.31 bits per heavy atom. The summed E-state index contributed by atoms with van der Waals surface area (Å²) in [4.78, 5) is 0. The molecule has 0 saturated heterocycles. The highest BCUT2D eigenvalue weighted by molar-refractivity contribution is 6.31. The van der Waals surface area contributed by atoms with Gasteiger partial charge in [-0.2, -0.15) is 0 Å². The average molecular weight is 240 g/mol. The van der Waals surface area contributed by atoms with Gasteiger partial charge in [0.25, 0.3) is 0 Å². The summed E-state index contributed by atoms with van der Waals surface area (Å²) in [6.07, 6.45) is 3.64. The van der Waals surface area contributed by atoms with Crippen LogP contribution in [0.4, 0.5) is 0 Å². The molecule has 0 spiro atoms. The first-order valence-corrected chi connectivity index (χ1v) is 6.53. The summed E-state index contributed by atoms with van der Waals surface area (Å²) in [5.41, 5.74) is 2.41. The van der Waals surface area contributed by atoms with Crippen LogP contribution in [-0.2, 0) is 6.54 Å². The smallest absolute Gasteiger partial charge is 0.0453 e. The molecule has 0 aliphatic rings. The molecule has 0 amide bonds. The topological polar surface area (TPSA) is 12.0 Å². The minimum Gasteiger partial charge on any atom is -0.310 e. The fourth-order valence-electron chi connectivity index (χ4n) is 1.85. The van der Waals surface area contributed by atoms with E-state index in [9.17, 15) is 0 Å². The molecule has 1 aromatic carbocycles. The molecular formula is C14H22ClN. The molecule has 0 saturated carbocycles. The second-order valence-corrected chi connectivity index (χ2v) is 4.78. The molecule has 0 heterocycles. The number of rotatable bonds is 6. The molecule has 90 valence electrons. The van der Waals surface area contributed by atoms with Gasteiger partial charge in [-0.25, -0.2) is 0 Å². The van der Waals surface area contributed by atoms with Crippen molar-refractivity contribution in [1.29, 1.82) is 0 Å². The van der Waals surface area contributed by atoms with Gasteiger partial charge in [-0.15, -0.1) is 0 Å². The van der Waals surface area contributed by atoms with Crippen molar-refractivity contribution in [3.8, 4) is 0 Å². The summed E-state index contributed by atoms with van der Waals surface area (Å²) in [6, 6.07) is 6.87. The molecule has 0 aliphatic carbocycles. The molecule has 2 heteroatoms. The second-order valence-electron chi connectivity index (χ2n) is 4.37. The van der Waals surface area contributed by atoms with Crippen LogP contribution < -0.4 is 5.32 Å². The summed E-state index contributed by atoms with van der Waals surface area (Å²) >= 11 is 6.19. The molecule has 1 unspecified atom stereocenters. The predicted molar refractivity (Wildman–Crippen MR) is 72.0 cm³/mol. The lowest BCUT2D eigenvalue weighted by Crippen LogP contribution is -2.27. The fourth-order valence-corrected chi connectivity index (χ4v) is 2.15. The van der Waals surface area contributed by atoms with E-state index in [1.807, 2.05) is 6.07 Å². The van der Waals surface area contributed by atoms with Crippen LogP contribution in [0.2, 0.25) is 5.02 Å². The van der Waals surface area contributed by atoms with Crippen LogP contribution in [0.15, 0.2) is 18.2 Å². The average Bonchev–Trinajstić information content (AvgIpc) is 2.26. The molecular weight excluding hydrogens is 218 g/mol. The summed E-state index contributed by atoms with van der Waals surface area (Å²) in [6.45, 7) is 7.39. The number of nitrogens with one attached hydrogen (secondary N) is 1. The van der Waals surface area contributed by atoms with Gasteiger partial charge >= 0.3 is 0 Å². The lowest BCUT2D eigenvalue weighted by Gasteiger charge is -2.16. The monoisotopic (exact) mass is 239 g/mol. The lowest BCUT2D eigenvalue weighted by atomic mass is 10.1. The van der Waals surface area contributed by atoms with Crippen LogP contribution in [0, 0.1) is 6.92 Å². The Balaban J connectivity index is 2.53. The van der Waals surface area contributed by atoms with Crippen LogP contribution >= 0.6 is 11.6 Å². The molecule has 0 fully saturated rings. The first-order valence-electron chi connectivity index (χ1n) is 6.15. The van der Waals surface area contributed by atoms with Gasteiger partial charge in [0.05, 0.1) is 0 Å². The zero-order valence-electron chi connectivity index (χ0n) is 10.5. The summed E-state index contributed by atoms with van der Waals surface area (Å²) in [5, 5.41) is 4.44. The quantitative estimate of drug-likeness (QED) is 0.780. The largest absolute Gasteiger partial charge is 0.310 e. The van der Waals surface area contributed by atoms with E-state index in [0.29, 0.717) is 6.04 Å². The Morgan fingerprint density at radius 3 is 2.62 bits per heavy atom. The van der Waals surface area contributed by atoms with Crippen molar-refractivity contribution >= 4 is 11.6 Å². The van der Waals surface area contributed by atoms with E-state index in [1.54, 1.807) is 0 Å². The zero-order valence-corrected chi connectivity index (χ0v) is 11.3. The van der Waals surface area contributed by atoms with Gasteiger partial charge in [-0.3, -0.25) is 0 Å². The third kappa shape index (κ3) is 4.15. The highest BCUT2D eigenvalue weighted by Gasteiger charge is 2.05. The molecule has 1 atom stereocenters. The Morgan fingerprint density at radius 2 is 2.06 bits per heavy atom. The summed E-state index contributed by atoms with van der Waals surface area (Å²) in [5.74, 6) is 0. The van der Waals surface area contributed by atoms with Crippen LogP contribution in [-0.4, -0.2) is 6.04 Å². The van der Waals surface area contributed by atoms with Crippen LogP contribution in [0.25, 0.3) is 0 Å². The predicted octanol–water partition coefficient (Wildman–Crippen LogP) is 4.32. The molecule has 1 rings (SSSR count). The van der Waals surface area contributed by atoms with Crippen molar-refractivity contribution in [2.24, 2.45) is 0 Å². The van der Waals surface area contributed by atoms with Gasteiger partial charge in [0.2, 0.25) is 0 Å². The van der Waals surface area contributed by atoms with E-state index >= 15 is 0 Å². The first-order chi connectivity index (χ1) is 7.67. The maximum atomic E-state index is 6.19. The van der Waals surface area contributed by atoms with Crippen molar-refractivity contribution in [3.05, 3.63) is 34.3 Å². The van der Waals surface area contributed by atoms with Crippen molar-refractivity contribution in [2.45, 2.75) is 52.6 Å². The van der Waals surface area contributed by atoms with E-state index in [0.717, 1.165) is 11.6 Å². The van der Waals surface area contributed by atoms with Gasteiger partial charge in [-0.05, 0) is 37.0 Å². The standard InChI is InChI=1S/C14H22ClN/c1-4-6-13(5-2)16-10-12-8-7-11(3)9-14(12)15/h7-9,13,16H,4-6,10H2,1-3H3. The Hall–Kier alpha value is -0.530. The molecule has 1 N–H and O–H groups in total. The zero-order chi connectivity index (χ0) is 12.0. The van der Waals surface area contributed by atoms with Gasteiger partial charge < -0.3 is 5.32 Å². The highest BCUT2D eigenvalue weighted by atomic mass is 35.5. The van der Waals surface area contributed by atoms with E-state index in [4.69, 9.17) is 11.6 Å². The molecule has 0 bridgehead atoms. The number of hydrogen-bond acceptors (Lipinski definition) is 1. The minimum atomic E-state index is 0.613. The SMILES string of the molecule is CCCC(CC)NCc1ccc(C)cc1Cl. The molecule has 16 heavy (non-hydrogen) atoms. The Labute approximate surface area is 104 Å². The maximum Gasteiger partial charge on any atom is 0.0453 e. The van der Waals surface area contributed by atoms with Crippen molar-refractivity contribution < 1.29 is 0 Å². The molecule has 1 nitrogen and oxygen atoms in total. The fraction of sp³-hybridized carbons (Fsp3) is 0.571. The molecule has 0 aromatic heterocycles. The number of hydrogen-bond donors (Lipinski definition) is 1. The molecule has 0 aliphatic heterocycles. The van der Waals surface area contributed by atoms with E-state index in [2.05, 4.69) is 38.2 Å². The van der Waals surface area contributed by atoms with Crippen LogP contribution in [0.3, 0.4) is 0 Å². The third-order valence-electron chi connectivity index (χ3n) is 2.92. The van der Waals surface area contributed by atoms with Gasteiger partial charge in [0, 0.05) is 17.6 Å². The minimum absolute atomic E-state index is 0.613. The maximum absolute atomic E-state index is 6.19. The highest BCUT2D eigenvalue weighted by Crippen LogP contribution is 2.17. The molecule has 0 radical (unpaired) electrons. The Kier molecular flexibility index (Phi) is 5.86. The second kappa shape index (κ2) is 6.93. The van der Waals surface area contributed by atoms with Gasteiger partial charge in [0.1, 0.15) is 0 Å². The van der Waals surface area contributed by atoms with Crippen LogP contribution in [0.5, 0.6) is 0 Å². The summed E-state index contributed by atoms with van der Waals surface area (Å²) < 4.78 is 0. The lowest BCUT2D eigenvalue weighted by molar-refractivity contribution is 0.462. The molecule has 1 aromatic rings. The Bertz CT molecular complexity index is 323. The van der Waals surface area contributed by atoms with Crippen LogP contribution in [0.1, 0.15) is 44.2 Å². The normalized spacial score (nSPS) is 12.8. The van der Waals surface area contributed by atoms with Crippen molar-refractivity contribution in [3.63, 3.8) is 0 Å². The van der Waals surface area contributed by atoms with E-state index in [1.165, 1.54) is 30.4 Å². The van der Waals surface area contributed by atoms with Gasteiger partial charge in [0.15, 0.2) is 0 Å². The first kappa shape index (κ1) is 13.5. The van der Waals surface area contributed by atoms with Crippen molar-refractivity contribution in [2.75, 3.05) is 0 Å². The van der Waals surface area contributed by atoms with Crippen molar-refractivity contribution in [1.82, 2.24) is 5.32 Å². The van der Waals surface area contributed by atoms with E-state index in [-0.39, 0.29) is 0 Å². The summed E-state index contributed by atoms with van der Waals surface area (Å²) in [7, 11) is 0. The number of aryl methyl sites for hydroxylation is 1. The third-order valence-corrected chi connectivity index (χ3v) is 3.27. The van der Waals surface area contributed by atoms with E-state index < -0.39 is 0 Å².